The fourth-order valence-corrected chi connectivity index (χ4v) is 3.51. The van der Waals surface area contributed by atoms with Gasteiger partial charge in [-0.15, -0.1) is 0 Å². The van der Waals surface area contributed by atoms with Crippen LogP contribution >= 0.6 is 0 Å². The molecule has 0 bridgehead atoms. The van der Waals surface area contributed by atoms with E-state index in [1.165, 1.54) is 10.8 Å². The molecule has 0 radical (unpaired) electrons. The largest absolute Gasteiger partial charge is 0.508 e. The first-order chi connectivity index (χ1) is 12.8. The Morgan fingerprint density at radius 2 is 1.27 bits per heavy atom. The van der Waals surface area contributed by atoms with E-state index in [2.05, 4.69) is 42.5 Å². The third kappa shape index (κ3) is 2.44. The second kappa shape index (κ2) is 5.78. The minimum absolute atomic E-state index is 0.255. The highest BCUT2D eigenvalue weighted by Crippen LogP contribution is 2.36. The van der Waals surface area contributed by atoms with E-state index >= 15 is 0 Å². The molecule has 0 aliphatic heterocycles. The summed E-state index contributed by atoms with van der Waals surface area (Å²) in [5.74, 6) is 1.84. The quantitative estimate of drug-likeness (QED) is 0.366. The lowest BCUT2D eigenvalue weighted by Crippen LogP contribution is -1.88. The molecule has 2 nitrogen and oxygen atoms in total. The predicted octanol–water partition coefficient (Wildman–Crippen LogP) is 6.64. The van der Waals surface area contributed by atoms with Gasteiger partial charge in [-0.2, -0.15) is 0 Å². The third-order valence-electron chi connectivity index (χ3n) is 4.75. The summed E-state index contributed by atoms with van der Waals surface area (Å²) < 4.78 is 6.27. The minimum Gasteiger partial charge on any atom is -0.508 e. The Balaban J connectivity index is 1.69. The van der Waals surface area contributed by atoms with Gasteiger partial charge in [-0.05, 0) is 57.3 Å². The number of phenols is 1. The SMILES string of the molecule is Oc1ccc2ccc(Oc3cc4ccccc4c4ccccc34)cc2c1. The zero-order valence-electron chi connectivity index (χ0n) is 14.0. The normalized spacial score (nSPS) is 11.2. The highest BCUT2D eigenvalue weighted by molar-refractivity contribution is 6.10. The second-order valence-corrected chi connectivity index (χ2v) is 6.44. The van der Waals surface area contributed by atoms with Crippen LogP contribution in [0.1, 0.15) is 0 Å². The molecular weight excluding hydrogens is 320 g/mol. The molecule has 0 aromatic heterocycles. The summed E-state index contributed by atoms with van der Waals surface area (Å²) in [6.07, 6.45) is 0. The Kier molecular flexibility index (Phi) is 3.29. The van der Waals surface area contributed by atoms with Crippen LogP contribution in [0, 0.1) is 0 Å². The topological polar surface area (TPSA) is 29.5 Å². The molecule has 0 aliphatic rings. The molecular formula is C24H16O2. The average Bonchev–Trinajstić information content (AvgIpc) is 2.68. The molecule has 26 heavy (non-hydrogen) atoms. The van der Waals surface area contributed by atoms with Gasteiger partial charge in [-0.1, -0.05) is 60.7 Å². The Morgan fingerprint density at radius 3 is 2.15 bits per heavy atom. The first-order valence-electron chi connectivity index (χ1n) is 8.59. The number of aromatic hydroxyl groups is 1. The van der Waals surface area contributed by atoms with Crippen LogP contribution in [0.2, 0.25) is 0 Å². The summed E-state index contributed by atoms with van der Waals surface area (Å²) >= 11 is 0. The monoisotopic (exact) mass is 336 g/mol. The van der Waals surface area contributed by atoms with Crippen LogP contribution in [-0.2, 0) is 0 Å². The van der Waals surface area contributed by atoms with Crippen LogP contribution in [0.4, 0.5) is 0 Å². The van der Waals surface area contributed by atoms with Crippen molar-refractivity contribution in [1.29, 1.82) is 0 Å². The van der Waals surface area contributed by atoms with E-state index in [1.807, 2.05) is 36.4 Å². The van der Waals surface area contributed by atoms with Crippen molar-refractivity contribution in [2.45, 2.75) is 0 Å². The maximum atomic E-state index is 9.73. The molecule has 0 spiro atoms. The summed E-state index contributed by atoms with van der Waals surface area (Å²) in [5, 5.41) is 16.4. The van der Waals surface area contributed by atoms with E-state index in [9.17, 15) is 5.11 Å². The lowest BCUT2D eigenvalue weighted by molar-refractivity contribution is 0.476. The van der Waals surface area contributed by atoms with Gasteiger partial charge < -0.3 is 9.84 Å². The number of fused-ring (bicyclic) bond motifs is 4. The van der Waals surface area contributed by atoms with E-state index in [-0.39, 0.29) is 5.75 Å². The van der Waals surface area contributed by atoms with Crippen molar-refractivity contribution >= 4 is 32.3 Å². The maximum Gasteiger partial charge on any atom is 0.135 e. The summed E-state index contributed by atoms with van der Waals surface area (Å²) in [6.45, 7) is 0. The molecule has 0 saturated heterocycles. The molecule has 0 heterocycles. The summed E-state index contributed by atoms with van der Waals surface area (Å²) in [5.41, 5.74) is 0. The van der Waals surface area contributed by atoms with Gasteiger partial charge in [0.25, 0.3) is 0 Å². The molecule has 0 atom stereocenters. The van der Waals surface area contributed by atoms with Gasteiger partial charge in [0.2, 0.25) is 0 Å². The fraction of sp³-hybridized carbons (Fsp3) is 0. The van der Waals surface area contributed by atoms with Crippen molar-refractivity contribution in [3.05, 3.63) is 91.0 Å². The molecule has 0 fully saturated rings. The molecule has 1 N–H and O–H groups in total. The van der Waals surface area contributed by atoms with Crippen LogP contribution < -0.4 is 4.74 Å². The zero-order valence-corrected chi connectivity index (χ0v) is 14.0. The molecule has 0 amide bonds. The predicted molar refractivity (Wildman–Crippen MR) is 107 cm³/mol. The molecule has 124 valence electrons. The second-order valence-electron chi connectivity index (χ2n) is 6.44. The van der Waals surface area contributed by atoms with E-state index in [0.29, 0.717) is 0 Å². The van der Waals surface area contributed by atoms with Crippen molar-refractivity contribution in [3.8, 4) is 17.2 Å². The molecule has 2 heteroatoms. The number of ether oxygens (including phenoxy) is 1. The molecule has 0 saturated carbocycles. The number of hydrogen-bond acceptors (Lipinski definition) is 2. The van der Waals surface area contributed by atoms with Gasteiger partial charge in [0, 0.05) is 5.39 Å². The molecule has 0 aliphatic carbocycles. The van der Waals surface area contributed by atoms with Crippen LogP contribution in [0.5, 0.6) is 17.2 Å². The average molecular weight is 336 g/mol. The first-order valence-corrected chi connectivity index (χ1v) is 8.59. The standard InChI is InChI=1S/C24H16O2/c25-19-11-9-16-10-12-20(14-18(16)13-19)26-24-15-17-5-1-2-6-21(17)22-7-3-4-8-23(22)24/h1-15,25H. The smallest absolute Gasteiger partial charge is 0.135 e. The van der Waals surface area contributed by atoms with Crippen molar-refractivity contribution in [2.75, 3.05) is 0 Å². The lowest BCUT2D eigenvalue weighted by Gasteiger charge is -2.12. The molecule has 5 rings (SSSR count). The Bertz CT molecular complexity index is 1270. The van der Waals surface area contributed by atoms with Gasteiger partial charge in [-0.25, -0.2) is 0 Å². The molecule has 5 aromatic carbocycles. The summed E-state index contributed by atoms with van der Waals surface area (Å²) in [7, 11) is 0. The molecule has 5 aromatic rings. The van der Waals surface area contributed by atoms with Gasteiger partial charge in [0.1, 0.15) is 17.2 Å². The van der Waals surface area contributed by atoms with E-state index in [1.54, 1.807) is 12.1 Å². The zero-order chi connectivity index (χ0) is 17.5. The van der Waals surface area contributed by atoms with Crippen LogP contribution in [0.3, 0.4) is 0 Å². The Hall–Kier alpha value is -3.52. The fourth-order valence-electron chi connectivity index (χ4n) is 3.51. The first kappa shape index (κ1) is 14.8. The van der Waals surface area contributed by atoms with Crippen molar-refractivity contribution in [1.82, 2.24) is 0 Å². The van der Waals surface area contributed by atoms with Crippen LogP contribution in [0.15, 0.2) is 91.0 Å². The summed E-state index contributed by atoms with van der Waals surface area (Å²) in [4.78, 5) is 0. The van der Waals surface area contributed by atoms with E-state index in [4.69, 9.17) is 4.74 Å². The van der Waals surface area contributed by atoms with Crippen molar-refractivity contribution in [3.63, 3.8) is 0 Å². The van der Waals surface area contributed by atoms with Gasteiger partial charge in [0.05, 0.1) is 0 Å². The van der Waals surface area contributed by atoms with Gasteiger partial charge in [0.15, 0.2) is 0 Å². The van der Waals surface area contributed by atoms with E-state index in [0.717, 1.165) is 33.0 Å². The van der Waals surface area contributed by atoms with Crippen molar-refractivity contribution in [2.24, 2.45) is 0 Å². The Morgan fingerprint density at radius 1 is 0.538 bits per heavy atom. The van der Waals surface area contributed by atoms with Crippen LogP contribution in [0.25, 0.3) is 32.3 Å². The van der Waals surface area contributed by atoms with Crippen LogP contribution in [-0.4, -0.2) is 5.11 Å². The maximum absolute atomic E-state index is 9.73. The third-order valence-corrected chi connectivity index (χ3v) is 4.75. The number of hydrogen-bond donors (Lipinski definition) is 1. The lowest BCUT2D eigenvalue weighted by atomic mass is 10.0. The Labute approximate surface area is 150 Å². The van der Waals surface area contributed by atoms with Gasteiger partial charge in [-0.3, -0.25) is 0 Å². The van der Waals surface area contributed by atoms with E-state index < -0.39 is 0 Å². The van der Waals surface area contributed by atoms with Gasteiger partial charge >= 0.3 is 0 Å². The van der Waals surface area contributed by atoms with Crippen molar-refractivity contribution < 1.29 is 9.84 Å². The minimum atomic E-state index is 0.255. The highest BCUT2D eigenvalue weighted by atomic mass is 16.5. The highest BCUT2D eigenvalue weighted by Gasteiger charge is 2.08. The number of phenolic OH excluding ortho intramolecular Hbond substituents is 1. The summed E-state index contributed by atoms with van der Waals surface area (Å²) in [6, 6.07) is 30.0. The number of benzene rings is 5. The number of rotatable bonds is 2. The molecule has 0 unspecified atom stereocenters.